The van der Waals surface area contributed by atoms with Gasteiger partial charge in [0.25, 0.3) is 0 Å². The summed E-state index contributed by atoms with van der Waals surface area (Å²) in [4.78, 5) is 35.7. The number of ketones is 1. The molecule has 1 amide bonds. The smallest absolute Gasteiger partial charge is 0.340 e. The molecule has 0 radical (unpaired) electrons. The van der Waals surface area contributed by atoms with Gasteiger partial charge >= 0.3 is 5.97 Å². The second kappa shape index (κ2) is 7.17. The number of ether oxygens (including phenoxy) is 1. The minimum absolute atomic E-state index is 0.304. The molecule has 112 valence electrons. The number of amides is 1. The summed E-state index contributed by atoms with van der Waals surface area (Å²) in [6.07, 6.45) is -1.35. The molecule has 2 rings (SSSR count). The van der Waals surface area contributed by atoms with E-state index < -0.39 is 23.9 Å². The van der Waals surface area contributed by atoms with Crippen LogP contribution in [0.2, 0.25) is 0 Å². The van der Waals surface area contributed by atoms with Gasteiger partial charge in [-0.05, 0) is 12.1 Å². The lowest BCUT2D eigenvalue weighted by Gasteiger charge is -2.17. The zero-order chi connectivity index (χ0) is 15.9. The van der Waals surface area contributed by atoms with E-state index in [0.717, 1.165) is 0 Å². The molecule has 0 bridgehead atoms. The number of nitrogens with one attached hydrogen (secondary N) is 1. The number of hydrogen-bond donors (Lipinski definition) is 1. The largest absolute Gasteiger partial charge is 0.430 e. The Bertz CT molecular complexity index is 668. The van der Waals surface area contributed by atoms with E-state index in [1.165, 1.54) is 6.92 Å². The van der Waals surface area contributed by atoms with Crippen LogP contribution in [0.25, 0.3) is 0 Å². The molecule has 0 saturated heterocycles. The summed E-state index contributed by atoms with van der Waals surface area (Å²) in [6, 6.07) is 16.6. The lowest BCUT2D eigenvalue weighted by atomic mass is 10.1. The van der Waals surface area contributed by atoms with E-state index in [2.05, 4.69) is 5.32 Å². The van der Waals surface area contributed by atoms with Crippen molar-refractivity contribution in [1.82, 2.24) is 5.32 Å². The molecule has 0 saturated carbocycles. The molecule has 0 heterocycles. The highest BCUT2D eigenvalue weighted by atomic mass is 16.6. The summed E-state index contributed by atoms with van der Waals surface area (Å²) in [6.45, 7) is 1.25. The predicted molar refractivity (Wildman–Crippen MR) is 80.2 cm³/mol. The standard InChI is InChI=1S/C17H15NO4/c1-12(19)18-16(15(20)13-8-4-2-5-9-13)22-17(21)14-10-6-3-7-11-14/h2-11,16H,1H3,(H,18,19). The third-order valence-corrected chi connectivity index (χ3v) is 2.87. The number of benzene rings is 2. The highest BCUT2D eigenvalue weighted by Gasteiger charge is 2.25. The Hall–Kier alpha value is -2.95. The van der Waals surface area contributed by atoms with E-state index in [1.807, 2.05) is 0 Å². The average molecular weight is 297 g/mol. The summed E-state index contributed by atoms with van der Waals surface area (Å²) in [5.41, 5.74) is 0.654. The van der Waals surface area contributed by atoms with Crippen LogP contribution in [-0.2, 0) is 9.53 Å². The molecule has 1 N–H and O–H groups in total. The molecule has 0 aliphatic heterocycles. The molecule has 22 heavy (non-hydrogen) atoms. The van der Waals surface area contributed by atoms with Gasteiger partial charge in [-0.2, -0.15) is 0 Å². The highest BCUT2D eigenvalue weighted by molar-refractivity contribution is 6.02. The van der Waals surface area contributed by atoms with Crippen LogP contribution >= 0.6 is 0 Å². The quantitative estimate of drug-likeness (QED) is 0.521. The van der Waals surface area contributed by atoms with Gasteiger partial charge in [-0.1, -0.05) is 48.5 Å². The first-order valence-electron chi connectivity index (χ1n) is 6.70. The minimum atomic E-state index is -1.35. The highest BCUT2D eigenvalue weighted by Crippen LogP contribution is 2.08. The number of carbonyl (C=O) groups is 3. The van der Waals surface area contributed by atoms with Gasteiger partial charge in [-0.15, -0.1) is 0 Å². The second-order valence-corrected chi connectivity index (χ2v) is 4.58. The van der Waals surface area contributed by atoms with Crippen molar-refractivity contribution in [2.24, 2.45) is 0 Å². The summed E-state index contributed by atoms with van der Waals surface area (Å²) in [7, 11) is 0. The molecule has 5 nitrogen and oxygen atoms in total. The van der Waals surface area contributed by atoms with Crippen molar-refractivity contribution in [2.75, 3.05) is 0 Å². The van der Waals surface area contributed by atoms with E-state index in [9.17, 15) is 14.4 Å². The van der Waals surface area contributed by atoms with Gasteiger partial charge in [0.1, 0.15) is 0 Å². The molecule has 2 aromatic rings. The number of esters is 1. The van der Waals surface area contributed by atoms with Crippen molar-refractivity contribution in [3.8, 4) is 0 Å². The first kappa shape index (κ1) is 15.4. The molecule has 0 aromatic heterocycles. The van der Waals surface area contributed by atoms with E-state index in [-0.39, 0.29) is 0 Å². The van der Waals surface area contributed by atoms with Crippen molar-refractivity contribution in [3.63, 3.8) is 0 Å². The number of rotatable bonds is 5. The van der Waals surface area contributed by atoms with Crippen LogP contribution in [-0.4, -0.2) is 23.9 Å². The van der Waals surface area contributed by atoms with E-state index in [1.54, 1.807) is 60.7 Å². The van der Waals surface area contributed by atoms with E-state index >= 15 is 0 Å². The zero-order valence-corrected chi connectivity index (χ0v) is 12.0. The number of Topliss-reactive ketones (excluding diaryl/α,β-unsaturated/α-hetero) is 1. The molecule has 0 aliphatic carbocycles. The van der Waals surface area contributed by atoms with Crippen LogP contribution < -0.4 is 5.32 Å². The summed E-state index contributed by atoms with van der Waals surface area (Å²) in [5.74, 6) is -1.63. The number of hydrogen-bond acceptors (Lipinski definition) is 4. The van der Waals surface area contributed by atoms with Crippen LogP contribution in [0.1, 0.15) is 27.6 Å². The van der Waals surface area contributed by atoms with Crippen LogP contribution in [0.15, 0.2) is 60.7 Å². The third-order valence-electron chi connectivity index (χ3n) is 2.87. The van der Waals surface area contributed by atoms with E-state index in [0.29, 0.717) is 11.1 Å². The van der Waals surface area contributed by atoms with Crippen molar-refractivity contribution >= 4 is 17.7 Å². The minimum Gasteiger partial charge on any atom is -0.430 e. The normalized spacial score (nSPS) is 11.3. The lowest BCUT2D eigenvalue weighted by molar-refractivity contribution is -0.121. The van der Waals surface area contributed by atoms with Gasteiger partial charge < -0.3 is 10.1 Å². The first-order valence-corrected chi connectivity index (χ1v) is 6.70. The Morgan fingerprint density at radius 2 is 1.36 bits per heavy atom. The van der Waals surface area contributed by atoms with Gasteiger partial charge in [0.2, 0.25) is 17.9 Å². The van der Waals surface area contributed by atoms with Gasteiger partial charge in [0.05, 0.1) is 5.56 Å². The first-order chi connectivity index (χ1) is 10.6. The van der Waals surface area contributed by atoms with Crippen molar-refractivity contribution in [2.45, 2.75) is 13.2 Å². The van der Waals surface area contributed by atoms with Gasteiger partial charge in [0, 0.05) is 12.5 Å². The van der Waals surface area contributed by atoms with Crippen LogP contribution in [0, 0.1) is 0 Å². The SMILES string of the molecule is CC(=O)NC(OC(=O)c1ccccc1)C(=O)c1ccccc1. The monoisotopic (exact) mass is 297 g/mol. The Morgan fingerprint density at radius 1 is 0.864 bits per heavy atom. The van der Waals surface area contributed by atoms with Gasteiger partial charge in [-0.3, -0.25) is 9.59 Å². The molecular formula is C17H15NO4. The van der Waals surface area contributed by atoms with Crippen molar-refractivity contribution in [3.05, 3.63) is 71.8 Å². The van der Waals surface area contributed by atoms with E-state index in [4.69, 9.17) is 4.74 Å². The van der Waals surface area contributed by atoms with Gasteiger partial charge in [0.15, 0.2) is 0 Å². The third kappa shape index (κ3) is 4.02. The zero-order valence-electron chi connectivity index (χ0n) is 12.0. The molecule has 0 aliphatic rings. The Balaban J connectivity index is 2.18. The molecular weight excluding hydrogens is 282 g/mol. The Labute approximate surface area is 127 Å². The molecule has 1 atom stereocenters. The molecule has 1 unspecified atom stereocenters. The molecule has 5 heteroatoms. The fourth-order valence-electron chi connectivity index (χ4n) is 1.84. The maximum Gasteiger partial charge on any atom is 0.340 e. The van der Waals surface area contributed by atoms with Crippen LogP contribution in [0.3, 0.4) is 0 Å². The van der Waals surface area contributed by atoms with Crippen molar-refractivity contribution in [1.29, 1.82) is 0 Å². The fraction of sp³-hybridized carbons (Fsp3) is 0.118. The number of carbonyl (C=O) groups excluding carboxylic acids is 3. The van der Waals surface area contributed by atoms with Crippen LogP contribution in [0.5, 0.6) is 0 Å². The summed E-state index contributed by atoms with van der Waals surface area (Å²) >= 11 is 0. The molecule has 0 spiro atoms. The van der Waals surface area contributed by atoms with Gasteiger partial charge in [-0.25, -0.2) is 4.79 Å². The summed E-state index contributed by atoms with van der Waals surface area (Å²) < 4.78 is 5.14. The topological polar surface area (TPSA) is 72.5 Å². The maximum absolute atomic E-state index is 12.4. The lowest BCUT2D eigenvalue weighted by Crippen LogP contribution is -2.43. The van der Waals surface area contributed by atoms with Crippen molar-refractivity contribution < 1.29 is 19.1 Å². The second-order valence-electron chi connectivity index (χ2n) is 4.58. The Kier molecular flexibility index (Phi) is 5.03. The maximum atomic E-state index is 12.4. The fourth-order valence-corrected chi connectivity index (χ4v) is 1.84. The molecule has 2 aromatic carbocycles. The molecule has 0 fully saturated rings. The van der Waals surface area contributed by atoms with Crippen LogP contribution in [0.4, 0.5) is 0 Å². The Morgan fingerprint density at radius 3 is 1.86 bits per heavy atom. The summed E-state index contributed by atoms with van der Waals surface area (Å²) in [5, 5.41) is 2.35. The average Bonchev–Trinajstić information content (AvgIpc) is 2.54. The predicted octanol–water partition coefficient (Wildman–Crippen LogP) is 2.19.